The van der Waals surface area contributed by atoms with Crippen LogP contribution in [0.5, 0.6) is 0 Å². The van der Waals surface area contributed by atoms with Crippen molar-refractivity contribution in [3.05, 3.63) is 33.8 Å². The Hall–Kier alpha value is -1.59. The summed E-state index contributed by atoms with van der Waals surface area (Å²) in [6.07, 6.45) is 6.60. The van der Waals surface area contributed by atoms with Crippen molar-refractivity contribution in [3.63, 3.8) is 0 Å². The minimum Gasteiger partial charge on any atom is -0.456 e. The van der Waals surface area contributed by atoms with Crippen LogP contribution in [0.4, 0.5) is 0 Å². The van der Waals surface area contributed by atoms with E-state index in [2.05, 4.69) is 5.32 Å². The fourth-order valence-corrected chi connectivity index (χ4v) is 6.22. The standard InChI is InChI=1S/C21H23Cl2NO4/c22-15-1-2-16(17(23)6-15)20(27)24-10-19(26)28-11-18(25)21-7-12-3-13(8-21)5-14(4-12)9-21/h1-2,6,12-14H,3-5,7-11H2,(H,24,27). The van der Waals surface area contributed by atoms with E-state index in [1.807, 2.05) is 0 Å². The quantitative estimate of drug-likeness (QED) is 0.700. The van der Waals surface area contributed by atoms with Gasteiger partial charge in [0.15, 0.2) is 12.4 Å². The number of halogens is 2. The van der Waals surface area contributed by atoms with Gasteiger partial charge in [0.05, 0.1) is 10.6 Å². The molecule has 0 aromatic heterocycles. The highest BCUT2D eigenvalue weighted by Crippen LogP contribution is 2.60. The topological polar surface area (TPSA) is 72.5 Å². The fourth-order valence-electron chi connectivity index (χ4n) is 5.72. The van der Waals surface area contributed by atoms with Crippen LogP contribution < -0.4 is 5.32 Å². The molecular formula is C21H23Cl2NO4. The van der Waals surface area contributed by atoms with Gasteiger partial charge in [-0.05, 0) is 74.5 Å². The third kappa shape index (κ3) is 3.92. The van der Waals surface area contributed by atoms with Crippen molar-refractivity contribution < 1.29 is 19.1 Å². The predicted molar refractivity (Wildman–Crippen MR) is 105 cm³/mol. The van der Waals surface area contributed by atoms with Crippen molar-refractivity contribution in [1.82, 2.24) is 5.32 Å². The number of rotatable bonds is 6. The van der Waals surface area contributed by atoms with Crippen LogP contribution in [0.3, 0.4) is 0 Å². The Balaban J connectivity index is 1.27. The van der Waals surface area contributed by atoms with E-state index < -0.39 is 11.9 Å². The molecule has 4 aliphatic rings. The molecule has 28 heavy (non-hydrogen) atoms. The lowest BCUT2D eigenvalue weighted by Gasteiger charge is -2.55. The van der Waals surface area contributed by atoms with E-state index in [-0.39, 0.29) is 34.9 Å². The Kier molecular flexibility index (Phi) is 5.41. The first-order chi connectivity index (χ1) is 13.3. The molecule has 4 aliphatic carbocycles. The Morgan fingerprint density at radius 3 is 2.21 bits per heavy atom. The van der Waals surface area contributed by atoms with Crippen molar-refractivity contribution in [1.29, 1.82) is 0 Å². The molecule has 1 aromatic carbocycles. The average molecular weight is 424 g/mol. The van der Waals surface area contributed by atoms with Gasteiger partial charge in [-0.15, -0.1) is 0 Å². The maximum Gasteiger partial charge on any atom is 0.325 e. The smallest absolute Gasteiger partial charge is 0.325 e. The van der Waals surface area contributed by atoms with Gasteiger partial charge in [-0.25, -0.2) is 0 Å². The molecule has 150 valence electrons. The Morgan fingerprint density at radius 1 is 1.04 bits per heavy atom. The highest BCUT2D eigenvalue weighted by molar-refractivity contribution is 6.36. The first-order valence-corrected chi connectivity index (χ1v) is 10.5. The molecule has 0 saturated heterocycles. The maximum atomic E-state index is 12.8. The van der Waals surface area contributed by atoms with Crippen LogP contribution in [0, 0.1) is 23.2 Å². The minimum atomic E-state index is -0.628. The normalized spacial score (nSPS) is 30.1. The number of esters is 1. The van der Waals surface area contributed by atoms with Gasteiger partial charge in [0.2, 0.25) is 0 Å². The lowest BCUT2D eigenvalue weighted by atomic mass is 9.48. The molecule has 1 aromatic rings. The van der Waals surface area contributed by atoms with Gasteiger partial charge in [-0.3, -0.25) is 14.4 Å². The number of hydrogen-bond donors (Lipinski definition) is 1. The summed E-state index contributed by atoms with van der Waals surface area (Å²) < 4.78 is 5.17. The van der Waals surface area contributed by atoms with Gasteiger partial charge in [0.1, 0.15) is 6.54 Å². The third-order valence-corrected chi connectivity index (χ3v) is 7.11. The number of carbonyl (C=O) groups excluding carboxylic acids is 3. The van der Waals surface area contributed by atoms with E-state index in [1.165, 1.54) is 31.4 Å². The van der Waals surface area contributed by atoms with Crippen LogP contribution in [-0.2, 0) is 14.3 Å². The maximum absolute atomic E-state index is 12.8. The molecule has 5 nitrogen and oxygen atoms in total. The number of ketones is 1. The zero-order chi connectivity index (χ0) is 19.9. The first kappa shape index (κ1) is 19.7. The Labute approximate surface area is 174 Å². The highest BCUT2D eigenvalue weighted by Gasteiger charge is 2.54. The summed E-state index contributed by atoms with van der Waals surface area (Å²) in [7, 11) is 0. The summed E-state index contributed by atoms with van der Waals surface area (Å²) in [5.41, 5.74) is -0.0572. The number of carbonyl (C=O) groups is 3. The van der Waals surface area contributed by atoms with Crippen LogP contribution >= 0.6 is 23.2 Å². The second-order valence-electron chi connectivity index (χ2n) is 8.59. The zero-order valence-electron chi connectivity index (χ0n) is 15.5. The van der Waals surface area contributed by atoms with Crippen LogP contribution in [-0.4, -0.2) is 30.8 Å². The molecule has 5 rings (SSSR count). The highest BCUT2D eigenvalue weighted by atomic mass is 35.5. The van der Waals surface area contributed by atoms with Gasteiger partial charge in [-0.1, -0.05) is 23.2 Å². The second kappa shape index (κ2) is 7.68. The number of amides is 1. The van der Waals surface area contributed by atoms with Crippen molar-refractivity contribution in [2.75, 3.05) is 13.2 Å². The average Bonchev–Trinajstić information content (AvgIpc) is 2.63. The van der Waals surface area contributed by atoms with Gasteiger partial charge in [0.25, 0.3) is 5.91 Å². The predicted octanol–water partition coefficient (Wildman–Crippen LogP) is 4.05. The molecule has 0 spiro atoms. The van der Waals surface area contributed by atoms with E-state index in [0.29, 0.717) is 22.8 Å². The van der Waals surface area contributed by atoms with E-state index >= 15 is 0 Å². The second-order valence-corrected chi connectivity index (χ2v) is 9.43. The molecule has 4 fully saturated rings. The first-order valence-electron chi connectivity index (χ1n) is 9.77. The summed E-state index contributed by atoms with van der Waals surface area (Å²) in [4.78, 5) is 37.0. The molecule has 0 aliphatic heterocycles. The van der Waals surface area contributed by atoms with Crippen molar-refractivity contribution in [2.24, 2.45) is 23.2 Å². The van der Waals surface area contributed by atoms with Crippen LogP contribution in [0.25, 0.3) is 0 Å². The van der Waals surface area contributed by atoms with E-state index in [4.69, 9.17) is 27.9 Å². The Morgan fingerprint density at radius 2 is 1.64 bits per heavy atom. The molecule has 0 atom stereocenters. The molecule has 0 unspecified atom stereocenters. The number of nitrogens with one attached hydrogen (secondary N) is 1. The van der Waals surface area contributed by atoms with Crippen molar-refractivity contribution >= 4 is 40.9 Å². The molecule has 1 N–H and O–H groups in total. The summed E-state index contributed by atoms with van der Waals surface area (Å²) >= 11 is 11.8. The lowest BCUT2D eigenvalue weighted by molar-refractivity contribution is -0.157. The molecule has 4 saturated carbocycles. The van der Waals surface area contributed by atoms with Gasteiger partial charge >= 0.3 is 5.97 Å². The Bertz CT molecular complexity index is 787. The zero-order valence-corrected chi connectivity index (χ0v) is 17.0. The van der Waals surface area contributed by atoms with Crippen molar-refractivity contribution in [3.8, 4) is 0 Å². The molecule has 0 radical (unpaired) electrons. The monoisotopic (exact) mass is 423 g/mol. The van der Waals surface area contributed by atoms with E-state index in [0.717, 1.165) is 19.3 Å². The SMILES string of the molecule is O=C(CNC(=O)c1ccc(Cl)cc1Cl)OCC(=O)C12CC3CC(CC(C3)C1)C2. The number of hydrogen-bond acceptors (Lipinski definition) is 4. The summed E-state index contributed by atoms with van der Waals surface area (Å²) in [6.45, 7) is -0.519. The number of Topliss-reactive ketones (excluding diaryl/α,β-unsaturated/α-hetero) is 1. The van der Waals surface area contributed by atoms with E-state index in [9.17, 15) is 14.4 Å². The summed E-state index contributed by atoms with van der Waals surface area (Å²) in [5, 5.41) is 3.09. The molecule has 1 amide bonds. The molecule has 4 bridgehead atoms. The molecular weight excluding hydrogens is 401 g/mol. The molecule has 7 heteroatoms. The van der Waals surface area contributed by atoms with Crippen LogP contribution in [0.2, 0.25) is 10.0 Å². The van der Waals surface area contributed by atoms with Gasteiger partial charge in [-0.2, -0.15) is 0 Å². The minimum absolute atomic E-state index is 0.0482. The van der Waals surface area contributed by atoms with Crippen LogP contribution in [0.1, 0.15) is 48.9 Å². The fraction of sp³-hybridized carbons (Fsp3) is 0.571. The lowest BCUT2D eigenvalue weighted by Crippen LogP contribution is -2.51. The third-order valence-electron chi connectivity index (χ3n) is 6.56. The van der Waals surface area contributed by atoms with Crippen molar-refractivity contribution in [2.45, 2.75) is 38.5 Å². The van der Waals surface area contributed by atoms with Crippen LogP contribution in [0.15, 0.2) is 18.2 Å². The summed E-state index contributed by atoms with van der Waals surface area (Å²) in [6, 6.07) is 4.49. The largest absolute Gasteiger partial charge is 0.456 e. The van der Waals surface area contributed by atoms with Gasteiger partial charge < -0.3 is 10.1 Å². The van der Waals surface area contributed by atoms with E-state index in [1.54, 1.807) is 6.07 Å². The van der Waals surface area contributed by atoms with Gasteiger partial charge in [0, 0.05) is 10.4 Å². The summed E-state index contributed by atoms with van der Waals surface area (Å²) in [5.74, 6) is 0.910. The number of ether oxygens (including phenoxy) is 1. The molecule has 0 heterocycles. The number of benzene rings is 1.